The summed E-state index contributed by atoms with van der Waals surface area (Å²) in [5.41, 5.74) is 0. The molecule has 0 aromatic carbocycles. The van der Waals surface area contributed by atoms with Crippen molar-refractivity contribution >= 4 is 13.5 Å². The molecule has 1 radical (unpaired) electrons. The number of carbonyl (C=O) groups excluding carboxylic acids is 1. The molecule has 0 spiro atoms. The lowest BCUT2D eigenvalue weighted by Gasteiger charge is -2.20. The highest BCUT2D eigenvalue weighted by Crippen LogP contribution is 2.04. The summed E-state index contributed by atoms with van der Waals surface area (Å²) < 4.78 is 6.24. The van der Waals surface area contributed by atoms with Gasteiger partial charge in [0.2, 0.25) is 5.91 Å². The number of carbonyl (C=O) groups is 1. The Morgan fingerprint density at radius 3 is 2.80 bits per heavy atom. The van der Waals surface area contributed by atoms with E-state index in [4.69, 9.17) is 4.65 Å². The summed E-state index contributed by atoms with van der Waals surface area (Å²) in [6.45, 7) is 3.94. The Morgan fingerprint density at radius 2 is 2.33 bits per heavy atom. The van der Waals surface area contributed by atoms with E-state index in [0.29, 0.717) is 0 Å². The normalized spacial score (nSPS) is 12.8. The first-order valence-corrected chi connectivity index (χ1v) is 4.79. The van der Waals surface area contributed by atoms with E-state index < -0.39 is 0 Å². The van der Waals surface area contributed by atoms with Crippen LogP contribution in [-0.4, -0.2) is 36.2 Å². The maximum atomic E-state index is 11.9. The number of hydrogen-bond acceptors (Lipinski definition) is 4. The molecule has 6 heteroatoms. The number of rotatable bonds is 5. The van der Waals surface area contributed by atoms with E-state index in [1.807, 2.05) is 13.8 Å². The molecule has 1 atom stereocenters. The highest BCUT2D eigenvalue weighted by molar-refractivity contribution is 6.24. The van der Waals surface area contributed by atoms with Crippen molar-refractivity contribution in [2.75, 3.05) is 7.11 Å². The van der Waals surface area contributed by atoms with E-state index in [-0.39, 0.29) is 17.9 Å². The zero-order chi connectivity index (χ0) is 11.3. The van der Waals surface area contributed by atoms with Gasteiger partial charge in [-0.2, -0.15) is 0 Å². The van der Waals surface area contributed by atoms with E-state index >= 15 is 0 Å². The lowest BCUT2D eigenvalue weighted by atomic mass is 10.0. The lowest BCUT2D eigenvalue weighted by molar-refractivity contribution is 0.0843. The third-order valence-electron chi connectivity index (χ3n) is 2.06. The molecule has 0 saturated carbocycles. The average Bonchev–Trinajstić information content (AvgIpc) is 2.70. The van der Waals surface area contributed by atoms with Crippen LogP contribution in [0.1, 0.15) is 18.6 Å². The molecular formula is C9H15BN3O2. The molecule has 0 aliphatic heterocycles. The Hall–Kier alpha value is -1.14. The second-order valence-electron chi connectivity index (χ2n) is 3.55. The molecule has 81 valence electrons. The summed E-state index contributed by atoms with van der Waals surface area (Å²) in [4.78, 5) is 15.8. The third kappa shape index (κ3) is 3.18. The van der Waals surface area contributed by atoms with Gasteiger partial charge in [-0.3, -0.25) is 9.36 Å². The molecule has 1 aromatic rings. The van der Waals surface area contributed by atoms with Gasteiger partial charge in [0.05, 0.1) is 6.04 Å². The largest absolute Gasteiger partial charge is 0.427 e. The average molecular weight is 208 g/mol. The van der Waals surface area contributed by atoms with Crippen LogP contribution in [0.25, 0.3) is 0 Å². The SMILES string of the molecule is CO[B]NC(C(=O)n1ccnc1)C(C)C. The fourth-order valence-corrected chi connectivity index (χ4v) is 1.24. The van der Waals surface area contributed by atoms with Gasteiger partial charge in [0.15, 0.2) is 0 Å². The molecule has 0 amide bonds. The molecule has 1 N–H and O–H groups in total. The van der Waals surface area contributed by atoms with Crippen LogP contribution in [0.4, 0.5) is 0 Å². The standard InChI is InChI=1S/C9H15BN3O2/c1-7(2)8(12-10-15-3)9(14)13-5-4-11-6-13/h4-8,12H,1-3H3. The minimum absolute atomic E-state index is 0.0456. The second kappa shape index (κ2) is 5.67. The van der Waals surface area contributed by atoms with Crippen molar-refractivity contribution in [1.82, 2.24) is 14.8 Å². The van der Waals surface area contributed by atoms with Crippen LogP contribution < -0.4 is 5.23 Å². The summed E-state index contributed by atoms with van der Waals surface area (Å²) in [6.07, 6.45) is 4.70. The van der Waals surface area contributed by atoms with Crippen LogP contribution in [0, 0.1) is 5.92 Å². The Labute approximate surface area is 90.1 Å². The molecular weight excluding hydrogens is 193 g/mol. The maximum absolute atomic E-state index is 11.9. The third-order valence-corrected chi connectivity index (χ3v) is 2.06. The molecule has 0 bridgehead atoms. The quantitative estimate of drug-likeness (QED) is 0.708. The van der Waals surface area contributed by atoms with Gasteiger partial charge in [0.25, 0.3) is 0 Å². The van der Waals surface area contributed by atoms with Crippen LogP contribution in [0.2, 0.25) is 0 Å². The number of aromatic nitrogens is 2. The van der Waals surface area contributed by atoms with Gasteiger partial charge in [-0.15, -0.1) is 0 Å². The van der Waals surface area contributed by atoms with Crippen molar-refractivity contribution in [3.05, 3.63) is 18.7 Å². The van der Waals surface area contributed by atoms with Gasteiger partial charge >= 0.3 is 7.62 Å². The van der Waals surface area contributed by atoms with Gasteiger partial charge in [-0.05, 0) is 5.92 Å². The van der Waals surface area contributed by atoms with Gasteiger partial charge in [0, 0.05) is 19.5 Å². The molecule has 5 nitrogen and oxygen atoms in total. The molecule has 1 heterocycles. The fourth-order valence-electron chi connectivity index (χ4n) is 1.24. The first-order valence-electron chi connectivity index (χ1n) is 4.79. The van der Waals surface area contributed by atoms with E-state index in [1.165, 1.54) is 25.6 Å². The highest BCUT2D eigenvalue weighted by atomic mass is 16.4. The number of imidazole rings is 1. The van der Waals surface area contributed by atoms with Crippen molar-refractivity contribution in [1.29, 1.82) is 0 Å². The molecule has 15 heavy (non-hydrogen) atoms. The van der Waals surface area contributed by atoms with Crippen molar-refractivity contribution < 1.29 is 9.45 Å². The van der Waals surface area contributed by atoms with Gasteiger partial charge in [-0.1, -0.05) is 13.8 Å². The number of nitrogens with zero attached hydrogens (tertiary/aromatic N) is 2. The van der Waals surface area contributed by atoms with Crippen molar-refractivity contribution in [3.63, 3.8) is 0 Å². The summed E-state index contributed by atoms with van der Waals surface area (Å²) in [5.74, 6) is 0.127. The molecule has 0 fully saturated rings. The predicted octanol–water partition coefficient (Wildman–Crippen LogP) is 0.318. The van der Waals surface area contributed by atoms with Gasteiger partial charge in [0.1, 0.15) is 6.33 Å². The van der Waals surface area contributed by atoms with Crippen LogP contribution >= 0.6 is 0 Å². The Kier molecular flexibility index (Phi) is 4.52. The fraction of sp³-hybridized carbons (Fsp3) is 0.556. The van der Waals surface area contributed by atoms with Crippen LogP contribution in [-0.2, 0) is 4.65 Å². The zero-order valence-corrected chi connectivity index (χ0v) is 9.18. The number of hydrogen-bond donors (Lipinski definition) is 1. The molecule has 0 aliphatic carbocycles. The predicted molar refractivity (Wildman–Crippen MR) is 57.4 cm³/mol. The lowest BCUT2D eigenvalue weighted by Crippen LogP contribution is -2.45. The van der Waals surface area contributed by atoms with E-state index in [0.717, 1.165) is 0 Å². The van der Waals surface area contributed by atoms with Crippen molar-refractivity contribution in [3.8, 4) is 0 Å². The Bertz CT molecular complexity index is 300. The summed E-state index contributed by atoms with van der Waals surface area (Å²) in [6, 6.07) is -0.306. The molecule has 1 rings (SSSR count). The highest BCUT2D eigenvalue weighted by Gasteiger charge is 2.22. The minimum atomic E-state index is -0.306. The van der Waals surface area contributed by atoms with E-state index in [2.05, 4.69) is 10.2 Å². The van der Waals surface area contributed by atoms with Gasteiger partial charge < -0.3 is 9.88 Å². The van der Waals surface area contributed by atoms with E-state index in [1.54, 1.807) is 12.4 Å². The van der Waals surface area contributed by atoms with E-state index in [9.17, 15) is 4.79 Å². The molecule has 1 aromatic heterocycles. The first-order chi connectivity index (χ1) is 7.16. The maximum Gasteiger partial charge on any atom is 0.396 e. The molecule has 1 unspecified atom stereocenters. The monoisotopic (exact) mass is 208 g/mol. The minimum Gasteiger partial charge on any atom is -0.427 e. The topological polar surface area (TPSA) is 56.1 Å². The van der Waals surface area contributed by atoms with Crippen LogP contribution in [0.5, 0.6) is 0 Å². The van der Waals surface area contributed by atoms with Crippen molar-refractivity contribution in [2.45, 2.75) is 19.9 Å². The summed E-state index contributed by atoms with van der Waals surface area (Å²) >= 11 is 0. The Morgan fingerprint density at radius 1 is 1.60 bits per heavy atom. The van der Waals surface area contributed by atoms with Crippen LogP contribution in [0.3, 0.4) is 0 Å². The molecule has 0 aliphatic rings. The smallest absolute Gasteiger partial charge is 0.396 e. The Balaban J connectivity index is 2.67. The number of nitrogens with one attached hydrogen (secondary N) is 1. The summed E-state index contributed by atoms with van der Waals surface area (Å²) in [5, 5.41) is 2.91. The molecule has 0 saturated heterocycles. The first kappa shape index (κ1) is 11.9. The summed E-state index contributed by atoms with van der Waals surface area (Å²) in [7, 11) is 2.95. The zero-order valence-electron chi connectivity index (χ0n) is 9.18. The second-order valence-corrected chi connectivity index (χ2v) is 3.55. The van der Waals surface area contributed by atoms with Crippen LogP contribution in [0.15, 0.2) is 18.7 Å². The van der Waals surface area contributed by atoms with Gasteiger partial charge in [-0.25, -0.2) is 4.98 Å². The van der Waals surface area contributed by atoms with Crippen molar-refractivity contribution in [2.24, 2.45) is 5.92 Å².